The molecular formula is C18H26O3S. The lowest BCUT2D eigenvalue weighted by atomic mass is 10.2. The minimum atomic E-state index is -3.29. The summed E-state index contributed by atoms with van der Waals surface area (Å²) in [6.07, 6.45) is 0. The number of hydrogen-bond acceptors (Lipinski definition) is 3. The van der Waals surface area contributed by atoms with Crippen molar-refractivity contribution in [1.82, 2.24) is 0 Å². The van der Waals surface area contributed by atoms with Crippen molar-refractivity contribution in [3.63, 3.8) is 0 Å². The predicted octanol–water partition coefficient (Wildman–Crippen LogP) is 4.72. The number of sulfone groups is 1. The van der Waals surface area contributed by atoms with E-state index in [1.807, 2.05) is 27.7 Å². The summed E-state index contributed by atoms with van der Waals surface area (Å²) in [5.41, 5.74) is 0.721. The van der Waals surface area contributed by atoms with Crippen LogP contribution in [0, 0.1) is 0 Å². The van der Waals surface area contributed by atoms with Crippen LogP contribution in [0.3, 0.4) is 0 Å². The summed E-state index contributed by atoms with van der Waals surface area (Å²) in [5.74, 6) is 0.643. The van der Waals surface area contributed by atoms with Gasteiger partial charge in [-0.25, -0.2) is 8.42 Å². The van der Waals surface area contributed by atoms with Crippen molar-refractivity contribution in [2.45, 2.75) is 38.3 Å². The summed E-state index contributed by atoms with van der Waals surface area (Å²) in [6.45, 7) is 8.00. The fourth-order valence-corrected chi connectivity index (χ4v) is 3.05. The zero-order chi connectivity index (χ0) is 17.0. The molecule has 0 N–H and O–H groups in total. The summed E-state index contributed by atoms with van der Waals surface area (Å²) in [6, 6.07) is 15.5. The Hall–Kier alpha value is -1.81. The van der Waals surface area contributed by atoms with Gasteiger partial charge in [0.1, 0.15) is 5.75 Å². The Kier molecular flexibility index (Phi) is 9.96. The molecule has 0 aliphatic carbocycles. The summed E-state index contributed by atoms with van der Waals surface area (Å²) >= 11 is 0. The Morgan fingerprint density at radius 1 is 0.864 bits per heavy atom. The summed E-state index contributed by atoms with van der Waals surface area (Å²) < 4.78 is 29.4. The first-order valence-corrected chi connectivity index (χ1v) is 9.18. The third-order valence-electron chi connectivity index (χ3n) is 2.59. The van der Waals surface area contributed by atoms with Gasteiger partial charge in [-0.15, -0.1) is 0 Å². The molecule has 3 nitrogen and oxygen atoms in total. The fraction of sp³-hybridized carbons (Fsp3) is 0.333. The highest BCUT2D eigenvalue weighted by molar-refractivity contribution is 7.90. The van der Waals surface area contributed by atoms with E-state index in [9.17, 15) is 8.42 Å². The monoisotopic (exact) mass is 322 g/mol. The van der Waals surface area contributed by atoms with Gasteiger partial charge < -0.3 is 4.74 Å². The molecule has 0 bridgehead atoms. The van der Waals surface area contributed by atoms with Crippen molar-refractivity contribution in [3.05, 3.63) is 60.2 Å². The minimum absolute atomic E-state index is 0.0196. The molecule has 0 saturated carbocycles. The maximum Gasteiger partial charge on any atom is 0.182 e. The third-order valence-corrected chi connectivity index (χ3v) is 4.30. The highest BCUT2D eigenvalue weighted by Gasteiger charge is 2.14. The van der Waals surface area contributed by atoms with Crippen LogP contribution in [-0.2, 0) is 15.6 Å². The molecule has 0 aliphatic rings. The molecule has 22 heavy (non-hydrogen) atoms. The van der Waals surface area contributed by atoms with Gasteiger partial charge in [-0.3, -0.25) is 0 Å². The zero-order valence-corrected chi connectivity index (χ0v) is 14.9. The smallest absolute Gasteiger partial charge is 0.182 e. The third kappa shape index (κ3) is 6.31. The molecule has 2 aromatic rings. The zero-order valence-electron chi connectivity index (χ0n) is 14.0. The average molecular weight is 322 g/mol. The van der Waals surface area contributed by atoms with E-state index in [-0.39, 0.29) is 5.75 Å². The quantitative estimate of drug-likeness (QED) is 0.818. The van der Waals surface area contributed by atoms with Crippen molar-refractivity contribution in [3.8, 4) is 5.75 Å². The lowest BCUT2D eigenvalue weighted by Crippen LogP contribution is -2.04. The molecule has 0 aromatic heterocycles. The predicted molar refractivity (Wildman–Crippen MR) is 93.0 cm³/mol. The van der Waals surface area contributed by atoms with Crippen molar-refractivity contribution in [2.75, 3.05) is 7.11 Å². The Bertz CT molecular complexity index is 620. The SMILES string of the molecule is CC.CC.COc1cccc(CS(=O)(=O)c2ccccc2)c1. The Labute approximate surface area is 134 Å². The normalized spacial score (nSPS) is 9.68. The van der Waals surface area contributed by atoms with Crippen molar-refractivity contribution in [2.24, 2.45) is 0 Å². The van der Waals surface area contributed by atoms with E-state index in [0.717, 1.165) is 5.56 Å². The molecule has 0 radical (unpaired) electrons. The molecule has 0 spiro atoms. The highest BCUT2D eigenvalue weighted by Crippen LogP contribution is 2.19. The van der Waals surface area contributed by atoms with Gasteiger partial charge in [0.15, 0.2) is 9.84 Å². The molecule has 0 unspecified atom stereocenters. The molecule has 0 atom stereocenters. The van der Waals surface area contributed by atoms with E-state index in [1.165, 1.54) is 0 Å². The molecule has 0 heterocycles. The van der Waals surface area contributed by atoms with Crippen LogP contribution in [0.1, 0.15) is 33.3 Å². The Morgan fingerprint density at radius 3 is 2.00 bits per heavy atom. The van der Waals surface area contributed by atoms with Crippen LogP contribution in [0.15, 0.2) is 59.5 Å². The van der Waals surface area contributed by atoms with Gasteiger partial charge in [0.25, 0.3) is 0 Å². The number of hydrogen-bond donors (Lipinski definition) is 0. The summed E-state index contributed by atoms with van der Waals surface area (Å²) in [4.78, 5) is 0.341. The molecule has 2 aromatic carbocycles. The van der Waals surface area contributed by atoms with E-state index in [1.54, 1.807) is 61.7 Å². The largest absolute Gasteiger partial charge is 0.497 e. The number of rotatable bonds is 4. The fourth-order valence-electron chi connectivity index (χ4n) is 1.69. The van der Waals surface area contributed by atoms with Gasteiger partial charge in [0.05, 0.1) is 17.8 Å². The second-order valence-electron chi connectivity index (χ2n) is 3.92. The molecule has 0 amide bonds. The number of ether oxygens (including phenoxy) is 1. The molecule has 0 fully saturated rings. The number of methoxy groups -OCH3 is 1. The van der Waals surface area contributed by atoms with Gasteiger partial charge in [-0.05, 0) is 29.8 Å². The van der Waals surface area contributed by atoms with Crippen molar-refractivity contribution in [1.29, 1.82) is 0 Å². The van der Waals surface area contributed by atoms with Crippen LogP contribution in [0.5, 0.6) is 5.75 Å². The highest BCUT2D eigenvalue weighted by atomic mass is 32.2. The maximum absolute atomic E-state index is 12.2. The lowest BCUT2D eigenvalue weighted by Gasteiger charge is -2.06. The molecule has 0 saturated heterocycles. The van der Waals surface area contributed by atoms with Crippen LogP contribution in [0.25, 0.3) is 0 Å². The second kappa shape index (κ2) is 10.9. The molecule has 122 valence electrons. The first-order chi connectivity index (χ1) is 10.6. The minimum Gasteiger partial charge on any atom is -0.497 e. The average Bonchev–Trinajstić information content (AvgIpc) is 2.59. The molecule has 2 rings (SSSR count). The van der Waals surface area contributed by atoms with E-state index in [0.29, 0.717) is 10.6 Å². The van der Waals surface area contributed by atoms with Crippen LogP contribution < -0.4 is 4.74 Å². The van der Waals surface area contributed by atoms with Crippen LogP contribution in [0.2, 0.25) is 0 Å². The maximum atomic E-state index is 12.2. The van der Waals surface area contributed by atoms with Gasteiger partial charge in [-0.1, -0.05) is 58.0 Å². The van der Waals surface area contributed by atoms with Gasteiger partial charge in [0.2, 0.25) is 0 Å². The standard InChI is InChI=1S/C14H14O3S.2C2H6/c1-17-13-7-5-6-12(10-13)11-18(15,16)14-8-3-2-4-9-14;2*1-2/h2-10H,11H2,1H3;2*1-2H3. The van der Waals surface area contributed by atoms with Gasteiger partial charge in [0, 0.05) is 0 Å². The molecular weight excluding hydrogens is 296 g/mol. The van der Waals surface area contributed by atoms with E-state index < -0.39 is 9.84 Å². The Balaban J connectivity index is 0.00000102. The summed E-state index contributed by atoms with van der Waals surface area (Å²) in [7, 11) is -1.73. The first-order valence-electron chi connectivity index (χ1n) is 7.52. The van der Waals surface area contributed by atoms with Crippen molar-refractivity contribution >= 4 is 9.84 Å². The molecule has 0 aliphatic heterocycles. The van der Waals surface area contributed by atoms with E-state index in [2.05, 4.69) is 0 Å². The van der Waals surface area contributed by atoms with Crippen LogP contribution >= 0.6 is 0 Å². The van der Waals surface area contributed by atoms with Gasteiger partial charge in [-0.2, -0.15) is 0 Å². The number of benzene rings is 2. The summed E-state index contributed by atoms with van der Waals surface area (Å²) in [5, 5.41) is 0. The van der Waals surface area contributed by atoms with Gasteiger partial charge >= 0.3 is 0 Å². The lowest BCUT2D eigenvalue weighted by molar-refractivity contribution is 0.414. The molecule has 4 heteroatoms. The second-order valence-corrected chi connectivity index (χ2v) is 5.91. The van der Waals surface area contributed by atoms with E-state index in [4.69, 9.17) is 4.74 Å². The van der Waals surface area contributed by atoms with E-state index >= 15 is 0 Å². The Morgan fingerprint density at radius 2 is 1.45 bits per heavy atom. The van der Waals surface area contributed by atoms with Crippen LogP contribution in [0.4, 0.5) is 0 Å². The topological polar surface area (TPSA) is 43.4 Å². The van der Waals surface area contributed by atoms with Crippen LogP contribution in [-0.4, -0.2) is 15.5 Å². The first kappa shape index (κ1) is 20.2. The van der Waals surface area contributed by atoms with Crippen molar-refractivity contribution < 1.29 is 13.2 Å².